The van der Waals surface area contributed by atoms with Crippen molar-refractivity contribution in [3.63, 3.8) is 0 Å². The van der Waals surface area contributed by atoms with E-state index >= 15 is 0 Å². The number of carbonyl (C=O) groups excluding carboxylic acids is 2. The Morgan fingerprint density at radius 2 is 2.24 bits per heavy atom. The third kappa shape index (κ3) is 2.15. The van der Waals surface area contributed by atoms with Crippen LogP contribution in [0, 0.1) is 0 Å². The van der Waals surface area contributed by atoms with Crippen LogP contribution in [0.1, 0.15) is 13.8 Å². The monoisotopic (exact) mass is 235 g/mol. The Kier molecular flexibility index (Phi) is 2.63. The lowest BCUT2D eigenvalue weighted by Gasteiger charge is -2.24. The summed E-state index contributed by atoms with van der Waals surface area (Å²) in [5.74, 6) is 0.0489. The molecule has 0 radical (unpaired) electrons. The second kappa shape index (κ2) is 3.97. The molecule has 2 amide bonds. The molecule has 1 atom stereocenters. The number of carbonyl (C=O) groups is 2. The minimum absolute atomic E-state index is 0.226. The van der Waals surface area contributed by atoms with Crippen LogP contribution in [0.4, 0.5) is 17.1 Å². The summed E-state index contributed by atoms with van der Waals surface area (Å²) in [7, 11) is 0. The van der Waals surface area contributed by atoms with Crippen LogP contribution in [0.25, 0.3) is 0 Å². The molecular weight excluding hydrogens is 222 g/mol. The van der Waals surface area contributed by atoms with Gasteiger partial charge in [-0.05, 0) is 13.0 Å². The molecular formula is C11H13N3O3. The molecule has 0 aliphatic carbocycles. The number of benzene rings is 1. The average molecular weight is 235 g/mol. The molecule has 1 aliphatic rings. The Hall–Kier alpha value is -2.24. The normalized spacial score (nSPS) is 17.8. The van der Waals surface area contributed by atoms with E-state index in [-0.39, 0.29) is 11.8 Å². The quantitative estimate of drug-likeness (QED) is 0.631. The summed E-state index contributed by atoms with van der Waals surface area (Å²) in [5.41, 5.74) is 7.12. The van der Waals surface area contributed by atoms with Gasteiger partial charge in [-0.2, -0.15) is 0 Å². The van der Waals surface area contributed by atoms with Crippen molar-refractivity contribution in [3.8, 4) is 5.75 Å². The van der Waals surface area contributed by atoms with Gasteiger partial charge in [0, 0.05) is 13.0 Å². The maximum absolute atomic E-state index is 11.4. The zero-order chi connectivity index (χ0) is 12.6. The molecule has 1 unspecified atom stereocenters. The van der Waals surface area contributed by atoms with E-state index in [1.165, 1.54) is 6.92 Å². The Labute approximate surface area is 98.1 Å². The Morgan fingerprint density at radius 3 is 2.88 bits per heavy atom. The fourth-order valence-electron chi connectivity index (χ4n) is 1.57. The van der Waals surface area contributed by atoms with Crippen molar-refractivity contribution in [1.29, 1.82) is 0 Å². The summed E-state index contributed by atoms with van der Waals surface area (Å²) in [6.45, 7) is 3.03. The molecule has 0 saturated heterocycles. The molecule has 0 fully saturated rings. The van der Waals surface area contributed by atoms with E-state index in [0.29, 0.717) is 22.8 Å². The lowest BCUT2D eigenvalue weighted by molar-refractivity contribution is -0.122. The molecule has 0 bridgehead atoms. The van der Waals surface area contributed by atoms with Crippen LogP contribution in [0.5, 0.6) is 5.75 Å². The SMILES string of the molecule is CC(=O)Nc1cc2c(cc1N)OC(C)C(=O)N2. The first-order chi connectivity index (χ1) is 7.97. The molecule has 90 valence electrons. The van der Waals surface area contributed by atoms with Crippen molar-refractivity contribution in [3.05, 3.63) is 12.1 Å². The number of nitrogens with one attached hydrogen (secondary N) is 2. The molecule has 0 spiro atoms. The number of fused-ring (bicyclic) bond motifs is 1. The van der Waals surface area contributed by atoms with E-state index in [9.17, 15) is 9.59 Å². The summed E-state index contributed by atoms with van der Waals surface area (Å²) in [5, 5.41) is 5.26. The van der Waals surface area contributed by atoms with Crippen LogP contribution in [0.3, 0.4) is 0 Å². The molecule has 1 aromatic rings. The first-order valence-electron chi connectivity index (χ1n) is 5.16. The van der Waals surface area contributed by atoms with E-state index < -0.39 is 6.10 Å². The van der Waals surface area contributed by atoms with E-state index in [1.807, 2.05) is 0 Å². The van der Waals surface area contributed by atoms with Gasteiger partial charge in [0.2, 0.25) is 5.91 Å². The van der Waals surface area contributed by atoms with Crippen LogP contribution in [-0.2, 0) is 9.59 Å². The number of nitrogens with two attached hydrogens (primary N) is 1. The topological polar surface area (TPSA) is 93.5 Å². The fourth-order valence-corrected chi connectivity index (χ4v) is 1.57. The summed E-state index contributed by atoms with van der Waals surface area (Å²) in [6.07, 6.45) is -0.548. The van der Waals surface area contributed by atoms with Crippen molar-refractivity contribution >= 4 is 28.9 Å². The van der Waals surface area contributed by atoms with Gasteiger partial charge in [-0.15, -0.1) is 0 Å². The van der Waals surface area contributed by atoms with Gasteiger partial charge < -0.3 is 21.1 Å². The smallest absolute Gasteiger partial charge is 0.265 e. The molecule has 0 aromatic heterocycles. The average Bonchev–Trinajstić information content (AvgIpc) is 2.22. The number of amides is 2. The van der Waals surface area contributed by atoms with Gasteiger partial charge >= 0.3 is 0 Å². The van der Waals surface area contributed by atoms with E-state index in [1.54, 1.807) is 19.1 Å². The van der Waals surface area contributed by atoms with Crippen LogP contribution >= 0.6 is 0 Å². The molecule has 0 saturated carbocycles. The van der Waals surface area contributed by atoms with Gasteiger partial charge in [0.1, 0.15) is 5.75 Å². The van der Waals surface area contributed by atoms with Gasteiger partial charge in [-0.1, -0.05) is 0 Å². The molecule has 17 heavy (non-hydrogen) atoms. The number of nitrogen functional groups attached to an aromatic ring is 1. The van der Waals surface area contributed by atoms with Crippen LogP contribution in [0.2, 0.25) is 0 Å². The second-order valence-electron chi connectivity index (χ2n) is 3.87. The van der Waals surface area contributed by atoms with Crippen molar-refractivity contribution < 1.29 is 14.3 Å². The van der Waals surface area contributed by atoms with Crippen LogP contribution in [0.15, 0.2) is 12.1 Å². The van der Waals surface area contributed by atoms with E-state index in [0.717, 1.165) is 0 Å². The second-order valence-corrected chi connectivity index (χ2v) is 3.87. The summed E-state index contributed by atoms with van der Waals surface area (Å²) < 4.78 is 5.38. The highest BCUT2D eigenvalue weighted by Gasteiger charge is 2.24. The number of ether oxygens (including phenoxy) is 1. The van der Waals surface area contributed by atoms with Gasteiger partial charge in [0.25, 0.3) is 5.91 Å². The molecule has 6 nitrogen and oxygen atoms in total. The van der Waals surface area contributed by atoms with Crippen LogP contribution < -0.4 is 21.1 Å². The van der Waals surface area contributed by atoms with Crippen LogP contribution in [-0.4, -0.2) is 17.9 Å². The summed E-state index contributed by atoms with van der Waals surface area (Å²) in [4.78, 5) is 22.4. The highest BCUT2D eigenvalue weighted by Crippen LogP contribution is 2.36. The first kappa shape index (κ1) is 11.3. The highest BCUT2D eigenvalue weighted by molar-refractivity contribution is 6.00. The molecule has 1 aliphatic heterocycles. The predicted molar refractivity (Wildman–Crippen MR) is 63.9 cm³/mol. The van der Waals surface area contributed by atoms with Crippen molar-refractivity contribution in [2.75, 3.05) is 16.4 Å². The highest BCUT2D eigenvalue weighted by atomic mass is 16.5. The lowest BCUT2D eigenvalue weighted by Crippen LogP contribution is -2.34. The summed E-state index contributed by atoms with van der Waals surface area (Å²) >= 11 is 0. The van der Waals surface area contributed by atoms with Gasteiger partial charge in [0.15, 0.2) is 6.10 Å². The van der Waals surface area contributed by atoms with Gasteiger partial charge in [0.05, 0.1) is 17.1 Å². The summed E-state index contributed by atoms with van der Waals surface area (Å²) in [6, 6.07) is 3.16. The number of rotatable bonds is 1. The van der Waals surface area contributed by atoms with Gasteiger partial charge in [-0.3, -0.25) is 9.59 Å². The number of hydrogen-bond donors (Lipinski definition) is 3. The zero-order valence-electron chi connectivity index (χ0n) is 9.53. The molecule has 1 heterocycles. The minimum Gasteiger partial charge on any atom is -0.479 e. The minimum atomic E-state index is -0.548. The van der Waals surface area contributed by atoms with Crippen molar-refractivity contribution in [1.82, 2.24) is 0 Å². The predicted octanol–water partition coefficient (Wildman–Crippen LogP) is 0.947. The number of anilines is 3. The Morgan fingerprint density at radius 1 is 1.53 bits per heavy atom. The zero-order valence-corrected chi connectivity index (χ0v) is 9.53. The standard InChI is InChI=1S/C11H13N3O3/c1-5-11(16)14-9-4-8(13-6(2)15)7(12)3-10(9)17-5/h3-5H,12H2,1-2H3,(H,13,15)(H,14,16). The maximum Gasteiger partial charge on any atom is 0.265 e. The molecule has 4 N–H and O–H groups in total. The molecule has 6 heteroatoms. The number of hydrogen-bond acceptors (Lipinski definition) is 4. The Bertz CT molecular complexity index is 499. The third-order valence-corrected chi connectivity index (χ3v) is 2.39. The van der Waals surface area contributed by atoms with Crippen molar-refractivity contribution in [2.24, 2.45) is 0 Å². The van der Waals surface area contributed by atoms with Gasteiger partial charge in [-0.25, -0.2) is 0 Å². The largest absolute Gasteiger partial charge is 0.479 e. The van der Waals surface area contributed by atoms with Crippen molar-refractivity contribution in [2.45, 2.75) is 20.0 Å². The first-order valence-corrected chi connectivity index (χ1v) is 5.16. The lowest BCUT2D eigenvalue weighted by atomic mass is 10.2. The maximum atomic E-state index is 11.4. The molecule has 2 rings (SSSR count). The van der Waals surface area contributed by atoms with E-state index in [2.05, 4.69) is 10.6 Å². The Balaban J connectivity index is 2.39. The molecule has 1 aromatic carbocycles. The fraction of sp³-hybridized carbons (Fsp3) is 0.273. The third-order valence-electron chi connectivity index (χ3n) is 2.39. The van der Waals surface area contributed by atoms with E-state index in [4.69, 9.17) is 10.5 Å².